The van der Waals surface area contributed by atoms with Crippen molar-refractivity contribution in [2.45, 2.75) is 25.7 Å². The quantitative estimate of drug-likeness (QED) is 0.849. The van der Waals surface area contributed by atoms with Gasteiger partial charge < -0.3 is 20.4 Å². The Balaban J connectivity index is 1.57. The molecule has 2 fully saturated rings. The van der Waals surface area contributed by atoms with Crippen molar-refractivity contribution in [2.75, 3.05) is 45.1 Å². The minimum atomic E-state index is -0.459. The number of nitrogens with one attached hydrogen (secondary N) is 2. The molecule has 2 atom stereocenters. The van der Waals surface area contributed by atoms with E-state index in [2.05, 4.69) is 10.6 Å². The number of rotatable bonds is 4. The van der Waals surface area contributed by atoms with Gasteiger partial charge in [-0.2, -0.15) is 0 Å². The van der Waals surface area contributed by atoms with E-state index in [9.17, 15) is 14.0 Å². The summed E-state index contributed by atoms with van der Waals surface area (Å²) in [6, 6.07) is 5.77. The molecule has 3 rings (SSSR count). The first-order valence-electron chi connectivity index (χ1n) is 9.82. The van der Waals surface area contributed by atoms with E-state index in [4.69, 9.17) is 0 Å². The van der Waals surface area contributed by atoms with Gasteiger partial charge in [0, 0.05) is 26.2 Å². The molecule has 0 spiro atoms. The Labute approximate surface area is 160 Å². The molecule has 0 bridgehead atoms. The van der Waals surface area contributed by atoms with Gasteiger partial charge >= 0.3 is 6.03 Å². The second kappa shape index (κ2) is 9.17. The number of hydrogen-bond acceptors (Lipinski definition) is 3. The van der Waals surface area contributed by atoms with Crippen molar-refractivity contribution in [1.82, 2.24) is 15.1 Å². The second-order valence-electron chi connectivity index (χ2n) is 7.55. The third kappa shape index (κ3) is 4.97. The Hall–Kier alpha value is -2.15. The van der Waals surface area contributed by atoms with Crippen LogP contribution in [0.5, 0.6) is 0 Å². The molecule has 2 aliphatic heterocycles. The number of carbonyl (C=O) groups excluding carboxylic acids is 2. The van der Waals surface area contributed by atoms with Crippen LogP contribution in [-0.2, 0) is 4.79 Å². The van der Waals surface area contributed by atoms with E-state index in [0.717, 1.165) is 45.3 Å². The standard InChI is InChI=1S/C20H29FN4O2/c1-22-12-15-6-4-10-24(13-15)19(26)16-7-5-11-25(14-16)20(27)23-18-9-3-2-8-17(18)21/h2-3,8-9,15-16,22H,4-7,10-14H2,1H3,(H,23,27). The highest BCUT2D eigenvalue weighted by Gasteiger charge is 2.33. The van der Waals surface area contributed by atoms with E-state index >= 15 is 0 Å². The Morgan fingerprint density at radius 3 is 2.63 bits per heavy atom. The number of likely N-dealkylation sites (tertiary alicyclic amines) is 2. The number of anilines is 1. The van der Waals surface area contributed by atoms with Crippen molar-refractivity contribution in [3.8, 4) is 0 Å². The first kappa shape index (κ1) is 19.6. The summed E-state index contributed by atoms with van der Waals surface area (Å²) in [6.07, 6.45) is 3.76. The number of halogens is 1. The van der Waals surface area contributed by atoms with Gasteiger partial charge in [-0.25, -0.2) is 9.18 Å². The molecule has 2 aliphatic rings. The number of carbonyl (C=O) groups is 2. The van der Waals surface area contributed by atoms with E-state index in [0.29, 0.717) is 19.0 Å². The number of hydrogen-bond donors (Lipinski definition) is 2. The molecule has 0 saturated carbocycles. The van der Waals surface area contributed by atoms with Gasteiger partial charge in [-0.3, -0.25) is 4.79 Å². The van der Waals surface area contributed by atoms with Crippen LogP contribution < -0.4 is 10.6 Å². The van der Waals surface area contributed by atoms with Gasteiger partial charge in [0.05, 0.1) is 11.6 Å². The average molecular weight is 376 g/mol. The summed E-state index contributed by atoms with van der Waals surface area (Å²) in [6.45, 7) is 3.50. The number of nitrogens with zero attached hydrogens (tertiary/aromatic N) is 2. The SMILES string of the molecule is CNCC1CCCN(C(=O)C2CCCN(C(=O)Nc3ccccc3F)C2)C1. The minimum absolute atomic E-state index is 0.152. The lowest BCUT2D eigenvalue weighted by Gasteiger charge is -2.38. The number of urea groups is 1. The van der Waals surface area contributed by atoms with Crippen molar-refractivity contribution in [3.05, 3.63) is 30.1 Å². The van der Waals surface area contributed by atoms with E-state index in [-0.39, 0.29) is 23.5 Å². The number of piperidine rings is 2. The van der Waals surface area contributed by atoms with Crippen LogP contribution in [0.25, 0.3) is 0 Å². The van der Waals surface area contributed by atoms with E-state index in [1.54, 1.807) is 17.0 Å². The van der Waals surface area contributed by atoms with Crippen molar-refractivity contribution in [2.24, 2.45) is 11.8 Å². The molecular weight excluding hydrogens is 347 g/mol. The molecule has 2 heterocycles. The van der Waals surface area contributed by atoms with Crippen molar-refractivity contribution in [1.29, 1.82) is 0 Å². The van der Waals surface area contributed by atoms with Crippen LogP contribution in [0.2, 0.25) is 0 Å². The van der Waals surface area contributed by atoms with Crippen LogP contribution >= 0.6 is 0 Å². The van der Waals surface area contributed by atoms with Crippen LogP contribution in [0.4, 0.5) is 14.9 Å². The van der Waals surface area contributed by atoms with Crippen LogP contribution in [-0.4, -0.2) is 61.5 Å². The summed E-state index contributed by atoms with van der Waals surface area (Å²) >= 11 is 0. The first-order valence-corrected chi connectivity index (χ1v) is 9.82. The van der Waals surface area contributed by atoms with E-state index < -0.39 is 5.82 Å². The lowest BCUT2D eigenvalue weighted by molar-refractivity contribution is -0.138. The summed E-state index contributed by atoms with van der Waals surface area (Å²) in [7, 11) is 1.94. The predicted molar refractivity (Wildman–Crippen MR) is 103 cm³/mol. The minimum Gasteiger partial charge on any atom is -0.342 e. The zero-order valence-electron chi connectivity index (χ0n) is 15.9. The zero-order chi connectivity index (χ0) is 19.2. The first-order chi connectivity index (χ1) is 13.1. The Morgan fingerprint density at radius 2 is 1.85 bits per heavy atom. The Morgan fingerprint density at radius 1 is 1.11 bits per heavy atom. The van der Waals surface area contributed by atoms with Crippen molar-refractivity contribution in [3.63, 3.8) is 0 Å². The molecule has 3 amide bonds. The fourth-order valence-corrected chi connectivity index (χ4v) is 4.10. The molecule has 1 aromatic rings. The molecule has 7 heteroatoms. The lowest BCUT2D eigenvalue weighted by Crippen LogP contribution is -2.50. The fraction of sp³-hybridized carbons (Fsp3) is 0.600. The van der Waals surface area contributed by atoms with E-state index in [1.807, 2.05) is 11.9 Å². The molecule has 6 nitrogen and oxygen atoms in total. The van der Waals surface area contributed by atoms with Crippen molar-refractivity contribution >= 4 is 17.6 Å². The topological polar surface area (TPSA) is 64.7 Å². The largest absolute Gasteiger partial charge is 0.342 e. The van der Waals surface area contributed by atoms with Gasteiger partial charge in [0.1, 0.15) is 5.82 Å². The van der Waals surface area contributed by atoms with Gasteiger partial charge in [0.2, 0.25) is 5.91 Å². The average Bonchev–Trinajstić information content (AvgIpc) is 2.70. The number of para-hydroxylation sites is 1. The van der Waals surface area contributed by atoms with Gasteiger partial charge in [0.15, 0.2) is 0 Å². The van der Waals surface area contributed by atoms with Gasteiger partial charge in [0.25, 0.3) is 0 Å². The predicted octanol–water partition coefficient (Wildman–Crippen LogP) is 2.53. The van der Waals surface area contributed by atoms with Gasteiger partial charge in [-0.1, -0.05) is 12.1 Å². The van der Waals surface area contributed by atoms with Crippen molar-refractivity contribution < 1.29 is 14.0 Å². The summed E-state index contributed by atoms with van der Waals surface area (Å²) < 4.78 is 13.8. The third-order valence-corrected chi connectivity index (χ3v) is 5.50. The summed E-state index contributed by atoms with van der Waals surface area (Å²) in [4.78, 5) is 29.1. The molecule has 27 heavy (non-hydrogen) atoms. The maximum atomic E-state index is 13.8. The molecule has 2 unspecified atom stereocenters. The monoisotopic (exact) mass is 376 g/mol. The fourth-order valence-electron chi connectivity index (χ4n) is 4.10. The highest BCUT2D eigenvalue weighted by Crippen LogP contribution is 2.24. The van der Waals surface area contributed by atoms with Gasteiger partial charge in [-0.05, 0) is 57.3 Å². The van der Waals surface area contributed by atoms with Crippen LogP contribution in [0, 0.1) is 17.7 Å². The zero-order valence-corrected chi connectivity index (χ0v) is 15.9. The van der Waals surface area contributed by atoms with E-state index in [1.165, 1.54) is 12.1 Å². The smallest absolute Gasteiger partial charge is 0.321 e. The Bertz CT molecular complexity index is 667. The third-order valence-electron chi connectivity index (χ3n) is 5.50. The normalized spacial score (nSPS) is 23.2. The summed E-state index contributed by atoms with van der Waals surface area (Å²) in [5, 5.41) is 5.82. The molecule has 1 aromatic carbocycles. The highest BCUT2D eigenvalue weighted by molar-refractivity contribution is 5.90. The number of benzene rings is 1. The molecule has 148 valence electrons. The van der Waals surface area contributed by atoms with Crippen LogP contribution in [0.15, 0.2) is 24.3 Å². The van der Waals surface area contributed by atoms with Crippen LogP contribution in [0.3, 0.4) is 0 Å². The maximum Gasteiger partial charge on any atom is 0.321 e. The summed E-state index contributed by atoms with van der Waals surface area (Å²) in [5.74, 6) is 0.0220. The number of amides is 3. The highest BCUT2D eigenvalue weighted by atomic mass is 19.1. The molecule has 0 aromatic heterocycles. The molecule has 2 saturated heterocycles. The second-order valence-corrected chi connectivity index (χ2v) is 7.55. The molecule has 0 radical (unpaired) electrons. The van der Waals surface area contributed by atoms with Gasteiger partial charge in [-0.15, -0.1) is 0 Å². The molecule has 2 N–H and O–H groups in total. The maximum absolute atomic E-state index is 13.8. The Kier molecular flexibility index (Phi) is 6.66. The lowest BCUT2D eigenvalue weighted by atomic mass is 9.93. The molecular formula is C20H29FN4O2. The van der Waals surface area contributed by atoms with Crippen LogP contribution in [0.1, 0.15) is 25.7 Å². The summed E-state index contributed by atoms with van der Waals surface area (Å²) in [5.41, 5.74) is 0.168. The molecule has 0 aliphatic carbocycles.